The first-order valence-electron chi connectivity index (χ1n) is 4.77. The first-order chi connectivity index (χ1) is 7.67. The third-order valence-electron chi connectivity index (χ3n) is 2.26. The predicted octanol–water partition coefficient (Wildman–Crippen LogP) is 0.288. The molecule has 0 amide bonds. The fraction of sp³-hybridized carbons (Fsp3) is 0.667. The van der Waals surface area contributed by atoms with Crippen LogP contribution in [0.3, 0.4) is 0 Å². The molecule has 1 aromatic heterocycles. The van der Waals surface area contributed by atoms with Crippen molar-refractivity contribution in [1.82, 2.24) is 15.0 Å². The maximum absolute atomic E-state index is 5.53. The molecule has 1 aliphatic rings. The second kappa shape index (κ2) is 4.28. The zero-order valence-corrected chi connectivity index (χ0v) is 9.34. The molecule has 2 unspecified atom stereocenters. The Kier molecular flexibility index (Phi) is 2.99. The average Bonchev–Trinajstić information content (AvgIpc) is 2.73. The Balaban J connectivity index is 2.14. The molecule has 0 aliphatic carbocycles. The topological polar surface area (TPSA) is 75.6 Å². The summed E-state index contributed by atoms with van der Waals surface area (Å²) in [6.45, 7) is 2.02. The molecule has 2 atom stereocenters. The standard InChI is InChI=1S/C9H13N3O4/c1-9(14-3)15-4-6(16-9)7-10-5-11-8(12-7)13-2/h5-6H,4H2,1-3H3. The van der Waals surface area contributed by atoms with Crippen LogP contribution in [0.1, 0.15) is 18.9 Å². The van der Waals surface area contributed by atoms with Crippen molar-refractivity contribution in [2.24, 2.45) is 0 Å². The fourth-order valence-electron chi connectivity index (χ4n) is 1.33. The van der Waals surface area contributed by atoms with Crippen molar-refractivity contribution in [2.75, 3.05) is 20.8 Å². The van der Waals surface area contributed by atoms with Gasteiger partial charge in [0, 0.05) is 14.0 Å². The van der Waals surface area contributed by atoms with E-state index in [2.05, 4.69) is 15.0 Å². The predicted molar refractivity (Wildman–Crippen MR) is 51.6 cm³/mol. The van der Waals surface area contributed by atoms with Crippen molar-refractivity contribution in [1.29, 1.82) is 0 Å². The molecule has 16 heavy (non-hydrogen) atoms. The number of methoxy groups -OCH3 is 2. The minimum Gasteiger partial charge on any atom is -0.467 e. The highest BCUT2D eigenvalue weighted by molar-refractivity contribution is 4.99. The second-order valence-corrected chi connectivity index (χ2v) is 3.31. The first kappa shape index (κ1) is 11.2. The average molecular weight is 227 g/mol. The van der Waals surface area contributed by atoms with E-state index >= 15 is 0 Å². The molecule has 7 heteroatoms. The van der Waals surface area contributed by atoms with Gasteiger partial charge in [0.2, 0.25) is 0 Å². The molecular formula is C9H13N3O4. The van der Waals surface area contributed by atoms with Crippen molar-refractivity contribution in [3.8, 4) is 6.01 Å². The van der Waals surface area contributed by atoms with Gasteiger partial charge in [-0.25, -0.2) is 4.98 Å². The summed E-state index contributed by atoms with van der Waals surface area (Å²) in [7, 11) is 3.00. The summed E-state index contributed by atoms with van der Waals surface area (Å²) < 4.78 is 20.8. The van der Waals surface area contributed by atoms with E-state index in [1.807, 2.05) is 0 Å². The molecule has 0 N–H and O–H groups in total. The number of nitrogens with zero attached hydrogens (tertiary/aromatic N) is 3. The minimum absolute atomic E-state index is 0.250. The van der Waals surface area contributed by atoms with E-state index in [1.165, 1.54) is 20.5 Å². The zero-order chi connectivity index (χ0) is 11.6. The van der Waals surface area contributed by atoms with Crippen LogP contribution in [0, 0.1) is 0 Å². The van der Waals surface area contributed by atoms with Gasteiger partial charge < -0.3 is 18.9 Å². The number of ether oxygens (including phenoxy) is 4. The molecule has 2 rings (SSSR count). The van der Waals surface area contributed by atoms with Crippen molar-refractivity contribution in [2.45, 2.75) is 19.0 Å². The molecule has 1 aliphatic heterocycles. The molecule has 0 bridgehead atoms. The summed E-state index contributed by atoms with van der Waals surface area (Å²) in [5.41, 5.74) is 0. The number of hydrogen-bond donors (Lipinski definition) is 0. The lowest BCUT2D eigenvalue weighted by atomic mass is 10.3. The highest BCUT2D eigenvalue weighted by Gasteiger charge is 2.39. The highest BCUT2D eigenvalue weighted by Crippen LogP contribution is 2.31. The summed E-state index contributed by atoms with van der Waals surface area (Å²) >= 11 is 0. The lowest BCUT2D eigenvalue weighted by Gasteiger charge is -2.19. The summed E-state index contributed by atoms with van der Waals surface area (Å²) in [5.74, 6) is -0.572. The van der Waals surface area contributed by atoms with Gasteiger partial charge in [-0.05, 0) is 0 Å². The van der Waals surface area contributed by atoms with Crippen LogP contribution in [0.15, 0.2) is 6.33 Å². The van der Waals surface area contributed by atoms with Gasteiger partial charge in [0.25, 0.3) is 5.97 Å². The Bertz CT molecular complexity index is 376. The molecular weight excluding hydrogens is 214 g/mol. The maximum atomic E-state index is 5.53. The van der Waals surface area contributed by atoms with Gasteiger partial charge in [-0.15, -0.1) is 0 Å². The van der Waals surface area contributed by atoms with Gasteiger partial charge in [0.15, 0.2) is 5.82 Å². The summed E-state index contributed by atoms with van der Waals surface area (Å²) in [6.07, 6.45) is 0.995. The van der Waals surface area contributed by atoms with Crippen LogP contribution in [0.2, 0.25) is 0 Å². The van der Waals surface area contributed by atoms with Gasteiger partial charge in [-0.3, -0.25) is 0 Å². The molecule has 1 aromatic rings. The van der Waals surface area contributed by atoms with E-state index < -0.39 is 5.97 Å². The first-order valence-corrected chi connectivity index (χ1v) is 4.77. The summed E-state index contributed by atoms with van der Waals surface area (Å²) in [4.78, 5) is 11.9. The highest BCUT2D eigenvalue weighted by atomic mass is 16.9. The zero-order valence-electron chi connectivity index (χ0n) is 9.34. The fourth-order valence-corrected chi connectivity index (χ4v) is 1.33. The van der Waals surface area contributed by atoms with Crippen molar-refractivity contribution < 1.29 is 18.9 Å². The molecule has 0 aromatic carbocycles. The number of rotatable bonds is 3. The molecule has 1 fully saturated rings. The van der Waals surface area contributed by atoms with Crippen molar-refractivity contribution in [3.63, 3.8) is 0 Å². The third-order valence-corrected chi connectivity index (χ3v) is 2.26. The van der Waals surface area contributed by atoms with Gasteiger partial charge in [0.1, 0.15) is 12.4 Å². The van der Waals surface area contributed by atoms with E-state index in [4.69, 9.17) is 18.9 Å². The van der Waals surface area contributed by atoms with E-state index in [-0.39, 0.29) is 12.1 Å². The Morgan fingerprint density at radius 1 is 1.44 bits per heavy atom. The van der Waals surface area contributed by atoms with Crippen molar-refractivity contribution in [3.05, 3.63) is 12.2 Å². The van der Waals surface area contributed by atoms with Gasteiger partial charge in [-0.2, -0.15) is 9.97 Å². The second-order valence-electron chi connectivity index (χ2n) is 3.31. The Morgan fingerprint density at radius 3 is 2.88 bits per heavy atom. The van der Waals surface area contributed by atoms with E-state index in [1.54, 1.807) is 6.92 Å². The maximum Gasteiger partial charge on any atom is 0.319 e. The molecule has 0 saturated carbocycles. The van der Waals surface area contributed by atoms with Gasteiger partial charge >= 0.3 is 6.01 Å². The van der Waals surface area contributed by atoms with E-state index in [0.717, 1.165) is 0 Å². The molecule has 1 saturated heterocycles. The van der Waals surface area contributed by atoms with Crippen LogP contribution in [0.5, 0.6) is 6.01 Å². The minimum atomic E-state index is -1.04. The largest absolute Gasteiger partial charge is 0.467 e. The lowest BCUT2D eigenvalue weighted by molar-refractivity contribution is -0.314. The summed E-state index contributed by atoms with van der Waals surface area (Å²) in [6, 6.07) is 0.250. The summed E-state index contributed by atoms with van der Waals surface area (Å²) in [5, 5.41) is 0. The molecule has 0 radical (unpaired) electrons. The van der Waals surface area contributed by atoms with E-state index in [9.17, 15) is 0 Å². The molecule has 88 valence electrons. The SMILES string of the molecule is COc1ncnc(C2COC(C)(OC)O2)n1. The van der Waals surface area contributed by atoms with E-state index in [0.29, 0.717) is 12.4 Å². The van der Waals surface area contributed by atoms with Gasteiger partial charge in [0.05, 0.1) is 13.7 Å². The van der Waals surface area contributed by atoms with Gasteiger partial charge in [-0.1, -0.05) is 0 Å². The molecule has 0 spiro atoms. The third kappa shape index (κ3) is 2.11. The Hall–Kier alpha value is -1.31. The monoisotopic (exact) mass is 227 g/mol. The number of hydrogen-bond acceptors (Lipinski definition) is 7. The number of aromatic nitrogens is 3. The smallest absolute Gasteiger partial charge is 0.319 e. The van der Waals surface area contributed by atoms with Crippen molar-refractivity contribution >= 4 is 0 Å². The normalized spacial score (nSPS) is 29.3. The van der Waals surface area contributed by atoms with Crippen LogP contribution >= 0.6 is 0 Å². The molecule has 7 nitrogen and oxygen atoms in total. The van der Waals surface area contributed by atoms with Crippen LogP contribution in [0.25, 0.3) is 0 Å². The van der Waals surface area contributed by atoms with Crippen LogP contribution in [-0.2, 0) is 14.2 Å². The molecule has 2 heterocycles. The Labute approximate surface area is 92.7 Å². The van der Waals surface area contributed by atoms with Crippen LogP contribution < -0.4 is 4.74 Å². The Morgan fingerprint density at radius 2 is 2.25 bits per heavy atom. The van der Waals surface area contributed by atoms with Crippen LogP contribution in [0.4, 0.5) is 0 Å². The lowest BCUT2D eigenvalue weighted by Crippen LogP contribution is -2.27. The quantitative estimate of drug-likeness (QED) is 0.734. The van der Waals surface area contributed by atoms with Crippen LogP contribution in [-0.4, -0.2) is 41.8 Å².